The highest BCUT2D eigenvalue weighted by molar-refractivity contribution is 5.94. The highest BCUT2D eigenvalue weighted by Gasteiger charge is 2.31. The Balaban J connectivity index is 2.92. The Morgan fingerprint density at radius 3 is 2.26 bits per heavy atom. The standard InChI is InChI=1S/C18H25N3O6/c1-12(2)11-26-18(25)21(17(19)20(4)13(3)16(23)24)27-15(22)10-14-8-6-5-7-9-14/h5-9,12-13,19H,10-11H2,1-4H3,(H,23,24). The smallest absolute Gasteiger partial charge is 0.451 e. The molecule has 9 nitrogen and oxygen atoms in total. The Morgan fingerprint density at radius 2 is 1.74 bits per heavy atom. The predicted molar refractivity (Wildman–Crippen MR) is 96.9 cm³/mol. The van der Waals surface area contributed by atoms with Gasteiger partial charge in [0.15, 0.2) is 0 Å². The molecule has 1 amide bonds. The van der Waals surface area contributed by atoms with Crippen LogP contribution in [0.15, 0.2) is 30.3 Å². The predicted octanol–water partition coefficient (Wildman–Crippen LogP) is 2.12. The number of carboxylic acids is 1. The van der Waals surface area contributed by atoms with Gasteiger partial charge in [-0.1, -0.05) is 49.2 Å². The molecule has 0 aliphatic heterocycles. The first-order valence-corrected chi connectivity index (χ1v) is 8.39. The first kappa shape index (κ1) is 21.9. The summed E-state index contributed by atoms with van der Waals surface area (Å²) in [5.41, 5.74) is 0.664. The molecule has 1 rings (SSSR count). The van der Waals surface area contributed by atoms with Crippen LogP contribution in [0.3, 0.4) is 0 Å². The van der Waals surface area contributed by atoms with E-state index in [1.165, 1.54) is 14.0 Å². The van der Waals surface area contributed by atoms with Crippen molar-refractivity contribution in [2.75, 3.05) is 13.7 Å². The van der Waals surface area contributed by atoms with Crippen LogP contribution in [0.2, 0.25) is 0 Å². The van der Waals surface area contributed by atoms with E-state index in [0.29, 0.717) is 10.6 Å². The van der Waals surface area contributed by atoms with Crippen LogP contribution >= 0.6 is 0 Å². The molecule has 1 aromatic carbocycles. The lowest BCUT2D eigenvalue weighted by Gasteiger charge is -2.29. The molecule has 0 aliphatic carbocycles. The molecule has 0 aromatic heterocycles. The molecule has 0 radical (unpaired) electrons. The first-order chi connectivity index (χ1) is 12.6. The second kappa shape index (κ2) is 10.1. The number of carboxylic acid groups (broad SMARTS) is 1. The number of hydrogen-bond donors (Lipinski definition) is 2. The molecule has 1 unspecified atom stereocenters. The summed E-state index contributed by atoms with van der Waals surface area (Å²) >= 11 is 0. The third-order valence-corrected chi connectivity index (χ3v) is 3.56. The molecule has 148 valence electrons. The van der Waals surface area contributed by atoms with Gasteiger partial charge in [-0.15, -0.1) is 0 Å². The zero-order chi connectivity index (χ0) is 20.6. The van der Waals surface area contributed by atoms with Crippen LogP contribution in [-0.2, 0) is 25.6 Å². The van der Waals surface area contributed by atoms with Crippen molar-refractivity contribution < 1.29 is 29.1 Å². The van der Waals surface area contributed by atoms with E-state index in [9.17, 15) is 14.4 Å². The van der Waals surface area contributed by atoms with E-state index in [2.05, 4.69) is 0 Å². The van der Waals surface area contributed by atoms with Crippen molar-refractivity contribution in [3.05, 3.63) is 35.9 Å². The molecule has 0 heterocycles. The monoisotopic (exact) mass is 379 g/mol. The minimum Gasteiger partial charge on any atom is -0.480 e. The van der Waals surface area contributed by atoms with Crippen LogP contribution in [0.5, 0.6) is 0 Å². The Kier molecular flexibility index (Phi) is 8.25. The van der Waals surface area contributed by atoms with Crippen molar-refractivity contribution in [3.63, 3.8) is 0 Å². The van der Waals surface area contributed by atoms with E-state index < -0.39 is 30.0 Å². The van der Waals surface area contributed by atoms with Gasteiger partial charge in [0.2, 0.25) is 5.96 Å². The fourth-order valence-corrected chi connectivity index (χ4v) is 1.85. The average molecular weight is 379 g/mol. The molecule has 9 heteroatoms. The molecule has 0 saturated heterocycles. The number of likely N-dealkylation sites (N-methyl/N-ethyl adjacent to an activating group) is 1. The minimum absolute atomic E-state index is 0.0284. The maximum atomic E-state index is 12.3. The zero-order valence-electron chi connectivity index (χ0n) is 15.8. The number of carbonyl (C=O) groups is 3. The summed E-state index contributed by atoms with van der Waals surface area (Å²) < 4.78 is 5.02. The zero-order valence-corrected chi connectivity index (χ0v) is 15.8. The van der Waals surface area contributed by atoms with Crippen molar-refractivity contribution >= 4 is 24.0 Å². The van der Waals surface area contributed by atoms with Crippen LogP contribution in [0, 0.1) is 11.3 Å². The molecular weight excluding hydrogens is 354 g/mol. The molecule has 0 fully saturated rings. The fraction of sp³-hybridized carbons (Fsp3) is 0.444. The van der Waals surface area contributed by atoms with Gasteiger partial charge in [0.05, 0.1) is 13.0 Å². The van der Waals surface area contributed by atoms with Crippen molar-refractivity contribution in [1.82, 2.24) is 9.96 Å². The van der Waals surface area contributed by atoms with E-state index in [1.54, 1.807) is 30.3 Å². The molecule has 27 heavy (non-hydrogen) atoms. The first-order valence-electron chi connectivity index (χ1n) is 8.39. The van der Waals surface area contributed by atoms with Crippen molar-refractivity contribution in [3.8, 4) is 0 Å². The number of hydroxylamine groups is 2. The highest BCUT2D eigenvalue weighted by Crippen LogP contribution is 2.09. The lowest BCUT2D eigenvalue weighted by Crippen LogP contribution is -2.51. The van der Waals surface area contributed by atoms with Crippen LogP contribution in [-0.4, -0.2) is 58.8 Å². The van der Waals surface area contributed by atoms with Gasteiger partial charge in [-0.2, -0.15) is 0 Å². The number of aliphatic carboxylic acids is 1. The SMILES string of the molecule is CC(C)COC(=O)N(OC(=O)Cc1ccccc1)C(=N)N(C)C(C)C(=O)O. The van der Waals surface area contributed by atoms with Crippen molar-refractivity contribution in [1.29, 1.82) is 5.41 Å². The Hall–Kier alpha value is -3.10. The molecule has 1 aromatic rings. The molecule has 0 spiro atoms. The summed E-state index contributed by atoms with van der Waals surface area (Å²) in [6.45, 7) is 5.03. The summed E-state index contributed by atoms with van der Waals surface area (Å²) in [7, 11) is 1.30. The van der Waals surface area contributed by atoms with Gasteiger partial charge in [0.1, 0.15) is 6.04 Å². The Bertz CT molecular complexity index is 677. The van der Waals surface area contributed by atoms with E-state index >= 15 is 0 Å². The number of ether oxygens (including phenoxy) is 1. The van der Waals surface area contributed by atoms with E-state index in [-0.39, 0.29) is 18.9 Å². The molecule has 0 saturated carbocycles. The minimum atomic E-state index is -1.20. The quantitative estimate of drug-likeness (QED) is 0.441. The number of guanidine groups is 1. The van der Waals surface area contributed by atoms with E-state index in [1.807, 2.05) is 13.8 Å². The maximum Gasteiger partial charge on any atom is 0.451 e. The normalized spacial score (nSPS) is 11.4. The number of nitrogens with one attached hydrogen (secondary N) is 1. The fourth-order valence-electron chi connectivity index (χ4n) is 1.85. The number of benzene rings is 1. The topological polar surface area (TPSA) is 120 Å². The third kappa shape index (κ3) is 6.96. The van der Waals surface area contributed by atoms with Crippen molar-refractivity contribution in [2.24, 2.45) is 5.92 Å². The van der Waals surface area contributed by atoms with Crippen LogP contribution in [0.4, 0.5) is 4.79 Å². The summed E-state index contributed by atoms with van der Waals surface area (Å²) in [4.78, 5) is 41.6. The van der Waals surface area contributed by atoms with Gasteiger partial charge in [0, 0.05) is 7.05 Å². The van der Waals surface area contributed by atoms with E-state index in [0.717, 1.165) is 4.90 Å². The number of rotatable bonds is 6. The van der Waals surface area contributed by atoms with Crippen LogP contribution in [0.1, 0.15) is 26.3 Å². The molecule has 0 bridgehead atoms. The second-order valence-corrected chi connectivity index (χ2v) is 6.34. The number of nitrogens with zero attached hydrogens (tertiary/aromatic N) is 2. The maximum absolute atomic E-state index is 12.3. The highest BCUT2D eigenvalue weighted by atomic mass is 16.8. The summed E-state index contributed by atoms with van der Waals surface area (Å²) in [6, 6.07) is 7.61. The van der Waals surface area contributed by atoms with Gasteiger partial charge in [0.25, 0.3) is 0 Å². The molecular formula is C18H25N3O6. The van der Waals surface area contributed by atoms with Crippen LogP contribution in [0.25, 0.3) is 0 Å². The Morgan fingerprint density at radius 1 is 1.15 bits per heavy atom. The lowest BCUT2D eigenvalue weighted by molar-refractivity contribution is -0.169. The van der Waals surface area contributed by atoms with Gasteiger partial charge >= 0.3 is 18.0 Å². The van der Waals surface area contributed by atoms with Crippen molar-refractivity contribution in [2.45, 2.75) is 33.2 Å². The Labute approximate surface area is 157 Å². The number of carbonyl (C=O) groups excluding carboxylic acids is 2. The van der Waals surface area contributed by atoms with Gasteiger partial charge in [-0.05, 0) is 18.4 Å². The largest absolute Gasteiger partial charge is 0.480 e. The molecule has 1 atom stereocenters. The van der Waals surface area contributed by atoms with Gasteiger partial charge in [-0.25, -0.2) is 14.4 Å². The molecule has 2 N–H and O–H groups in total. The molecule has 0 aliphatic rings. The van der Waals surface area contributed by atoms with Crippen LogP contribution < -0.4 is 0 Å². The van der Waals surface area contributed by atoms with E-state index in [4.69, 9.17) is 20.1 Å². The van der Waals surface area contributed by atoms with Gasteiger partial charge in [-0.3, -0.25) is 5.41 Å². The number of amides is 1. The van der Waals surface area contributed by atoms with Gasteiger partial charge < -0.3 is 19.6 Å². The summed E-state index contributed by atoms with van der Waals surface area (Å²) in [5, 5.41) is 17.5. The summed E-state index contributed by atoms with van der Waals surface area (Å²) in [6.07, 6.45) is -1.19. The third-order valence-electron chi connectivity index (χ3n) is 3.56. The average Bonchev–Trinajstić information content (AvgIpc) is 2.63. The lowest BCUT2D eigenvalue weighted by atomic mass is 10.2. The second-order valence-electron chi connectivity index (χ2n) is 6.34. The summed E-state index contributed by atoms with van der Waals surface area (Å²) in [5.74, 6) is -2.59. The number of hydrogen-bond acceptors (Lipinski definition) is 6.